The number of carbonyl (C=O) groups excluding carboxylic acids is 1. The summed E-state index contributed by atoms with van der Waals surface area (Å²) in [5, 5.41) is 17.3. The quantitative estimate of drug-likeness (QED) is 0.297. The smallest absolute Gasteiger partial charge is 0.333 e. The van der Waals surface area contributed by atoms with E-state index in [2.05, 4.69) is 10.4 Å². The lowest BCUT2D eigenvalue weighted by molar-refractivity contribution is -0.147. The van der Waals surface area contributed by atoms with Crippen LogP contribution < -0.4 is 14.8 Å². The molecule has 1 unspecified atom stereocenters. The number of ether oxygens (including phenoxy) is 2. The molecule has 0 saturated carbocycles. The highest BCUT2D eigenvalue weighted by Crippen LogP contribution is 2.28. The molecule has 0 bridgehead atoms. The number of aliphatic carboxylic acids is 1. The molecule has 0 radical (unpaired) electrons. The Hall–Kier alpha value is -4.66. The van der Waals surface area contributed by atoms with Gasteiger partial charge in [-0.05, 0) is 79.6 Å². The van der Waals surface area contributed by atoms with Crippen LogP contribution in [0, 0.1) is 12.7 Å². The van der Waals surface area contributed by atoms with Gasteiger partial charge in [0.2, 0.25) is 5.91 Å². The minimum atomic E-state index is -1.64. The molecule has 202 valence electrons. The summed E-state index contributed by atoms with van der Waals surface area (Å²) in [6, 6.07) is 20.3. The van der Waals surface area contributed by atoms with Crippen molar-refractivity contribution in [3.63, 3.8) is 0 Å². The first-order chi connectivity index (χ1) is 18.6. The topological polar surface area (TPSA) is 103 Å². The van der Waals surface area contributed by atoms with E-state index in [9.17, 15) is 19.1 Å². The van der Waals surface area contributed by atoms with Crippen molar-refractivity contribution in [2.45, 2.75) is 32.2 Å². The summed E-state index contributed by atoms with van der Waals surface area (Å²) in [7, 11) is 3.12. The number of hydrogen-bond acceptors (Lipinski definition) is 5. The molecular weight excluding hydrogens is 501 g/mol. The molecule has 8 nitrogen and oxygen atoms in total. The first-order valence-corrected chi connectivity index (χ1v) is 12.3. The molecule has 0 fully saturated rings. The number of halogens is 1. The van der Waals surface area contributed by atoms with Crippen LogP contribution >= 0.6 is 0 Å². The van der Waals surface area contributed by atoms with Crippen molar-refractivity contribution in [1.82, 2.24) is 15.1 Å². The molecule has 1 aromatic heterocycles. The van der Waals surface area contributed by atoms with Crippen LogP contribution in [0.1, 0.15) is 30.2 Å². The zero-order valence-electron chi connectivity index (χ0n) is 22.2. The molecule has 1 amide bonds. The molecule has 9 heteroatoms. The van der Waals surface area contributed by atoms with Gasteiger partial charge in [-0.1, -0.05) is 18.2 Å². The predicted molar refractivity (Wildman–Crippen MR) is 145 cm³/mol. The number of aromatic nitrogens is 2. The van der Waals surface area contributed by atoms with Gasteiger partial charge in [-0.15, -0.1) is 0 Å². The number of nitrogens with zero attached hydrogens (tertiary/aromatic N) is 2. The fourth-order valence-electron chi connectivity index (χ4n) is 4.35. The summed E-state index contributed by atoms with van der Waals surface area (Å²) in [5.41, 5.74) is 2.16. The zero-order valence-corrected chi connectivity index (χ0v) is 22.2. The third-order valence-electron chi connectivity index (χ3n) is 6.59. The van der Waals surface area contributed by atoms with E-state index < -0.39 is 17.4 Å². The monoisotopic (exact) mass is 531 g/mol. The lowest BCUT2D eigenvalue weighted by atomic mass is 9.90. The maximum Gasteiger partial charge on any atom is 0.333 e. The van der Waals surface area contributed by atoms with Crippen molar-refractivity contribution in [2.24, 2.45) is 0 Å². The normalized spacial score (nSPS) is 12.4. The fourth-order valence-corrected chi connectivity index (χ4v) is 4.35. The van der Waals surface area contributed by atoms with E-state index in [1.807, 2.05) is 19.1 Å². The lowest BCUT2D eigenvalue weighted by Crippen LogP contribution is -2.49. The Morgan fingerprint density at radius 1 is 1.03 bits per heavy atom. The van der Waals surface area contributed by atoms with Crippen LogP contribution in [-0.2, 0) is 21.5 Å². The molecule has 0 aliphatic heterocycles. The molecular formula is C30H30FN3O5. The van der Waals surface area contributed by atoms with Gasteiger partial charge in [0.05, 0.1) is 31.3 Å². The van der Waals surface area contributed by atoms with Crippen molar-refractivity contribution in [2.75, 3.05) is 14.2 Å². The number of nitrogens with one attached hydrogen (secondary N) is 1. The van der Waals surface area contributed by atoms with Gasteiger partial charge in [0.15, 0.2) is 5.54 Å². The van der Waals surface area contributed by atoms with Crippen LogP contribution in [0.4, 0.5) is 4.39 Å². The molecule has 0 saturated heterocycles. The van der Waals surface area contributed by atoms with E-state index in [4.69, 9.17) is 9.47 Å². The second-order valence-electron chi connectivity index (χ2n) is 9.30. The van der Waals surface area contributed by atoms with Crippen LogP contribution in [0.5, 0.6) is 11.5 Å². The van der Waals surface area contributed by atoms with Crippen molar-refractivity contribution in [1.29, 1.82) is 0 Å². The zero-order chi connectivity index (χ0) is 28.2. The number of carboxylic acid groups (broad SMARTS) is 1. The first-order valence-electron chi connectivity index (χ1n) is 12.3. The number of carbonyl (C=O) groups is 2. The number of rotatable bonds is 10. The summed E-state index contributed by atoms with van der Waals surface area (Å²) in [4.78, 5) is 25.2. The molecule has 0 spiro atoms. The number of benzene rings is 3. The molecule has 1 atom stereocenters. The Kier molecular flexibility index (Phi) is 7.99. The van der Waals surface area contributed by atoms with Crippen molar-refractivity contribution < 1.29 is 28.6 Å². The SMILES string of the molecule is COc1ccc(-n2nc(CCC(=O)NC(C)(C(=O)O)c3ccc(OC)c(C)c3)cc2-c2cccc(F)c2)cc1. The third kappa shape index (κ3) is 5.93. The maximum absolute atomic E-state index is 14.0. The Bertz CT molecular complexity index is 1500. The minimum Gasteiger partial charge on any atom is -0.497 e. The first kappa shape index (κ1) is 27.4. The molecule has 4 aromatic rings. The van der Waals surface area contributed by atoms with Gasteiger partial charge < -0.3 is 19.9 Å². The predicted octanol–water partition coefficient (Wildman–Crippen LogP) is 5.05. The van der Waals surface area contributed by atoms with E-state index in [-0.39, 0.29) is 18.7 Å². The average Bonchev–Trinajstić information content (AvgIpc) is 3.36. The second-order valence-corrected chi connectivity index (χ2v) is 9.30. The number of hydrogen-bond donors (Lipinski definition) is 2. The van der Waals surface area contributed by atoms with Gasteiger partial charge in [-0.25, -0.2) is 13.9 Å². The van der Waals surface area contributed by atoms with Gasteiger partial charge in [0.1, 0.15) is 17.3 Å². The van der Waals surface area contributed by atoms with Gasteiger partial charge >= 0.3 is 5.97 Å². The third-order valence-corrected chi connectivity index (χ3v) is 6.59. The van der Waals surface area contributed by atoms with Crippen LogP contribution in [0.2, 0.25) is 0 Å². The van der Waals surface area contributed by atoms with E-state index in [1.54, 1.807) is 60.3 Å². The van der Waals surface area contributed by atoms with E-state index >= 15 is 0 Å². The Balaban J connectivity index is 1.57. The Morgan fingerprint density at radius 3 is 2.38 bits per heavy atom. The Labute approximate surface area is 226 Å². The van der Waals surface area contributed by atoms with E-state index in [0.717, 1.165) is 11.3 Å². The fraction of sp³-hybridized carbons (Fsp3) is 0.233. The van der Waals surface area contributed by atoms with Gasteiger partial charge in [-0.2, -0.15) is 5.10 Å². The molecule has 2 N–H and O–H groups in total. The number of aryl methyl sites for hydroxylation is 2. The molecule has 0 aliphatic carbocycles. The summed E-state index contributed by atoms with van der Waals surface area (Å²) in [6.07, 6.45) is 0.245. The van der Waals surface area contributed by atoms with Crippen molar-refractivity contribution in [3.8, 4) is 28.4 Å². The van der Waals surface area contributed by atoms with Crippen LogP contribution in [0.15, 0.2) is 72.8 Å². The van der Waals surface area contributed by atoms with Gasteiger partial charge in [0.25, 0.3) is 0 Å². The largest absolute Gasteiger partial charge is 0.497 e. The minimum absolute atomic E-state index is 0.000222. The lowest BCUT2D eigenvalue weighted by Gasteiger charge is -2.27. The molecule has 4 rings (SSSR count). The summed E-state index contributed by atoms with van der Waals surface area (Å²) in [5.74, 6) is -0.696. The van der Waals surface area contributed by atoms with Crippen molar-refractivity contribution in [3.05, 3.63) is 95.4 Å². The second kappa shape index (κ2) is 11.4. The van der Waals surface area contributed by atoms with Gasteiger partial charge in [0, 0.05) is 18.4 Å². The summed E-state index contributed by atoms with van der Waals surface area (Å²) < 4.78 is 26.2. The maximum atomic E-state index is 14.0. The standard InChI is InChI=1S/C30H30FN3O5/c1-19-16-21(8-14-27(19)39-4)30(2,29(36)37)32-28(35)15-9-23-18-26(20-6-5-7-22(31)17-20)34(33-23)24-10-12-25(38-3)13-11-24/h5-8,10-14,16-18H,9,15H2,1-4H3,(H,32,35)(H,36,37). The molecule has 3 aromatic carbocycles. The molecule has 0 aliphatic rings. The number of amides is 1. The highest BCUT2D eigenvalue weighted by Gasteiger charge is 2.37. The average molecular weight is 532 g/mol. The van der Waals surface area contributed by atoms with E-state index in [1.165, 1.54) is 26.2 Å². The highest BCUT2D eigenvalue weighted by atomic mass is 19.1. The Morgan fingerprint density at radius 2 is 1.77 bits per heavy atom. The summed E-state index contributed by atoms with van der Waals surface area (Å²) in [6.45, 7) is 3.26. The number of methoxy groups -OCH3 is 2. The van der Waals surface area contributed by atoms with Crippen LogP contribution in [0.3, 0.4) is 0 Å². The number of carboxylic acids is 1. The molecule has 39 heavy (non-hydrogen) atoms. The van der Waals surface area contributed by atoms with Gasteiger partial charge in [-0.3, -0.25) is 4.79 Å². The van der Waals surface area contributed by atoms with E-state index in [0.29, 0.717) is 34.0 Å². The van der Waals surface area contributed by atoms with Crippen molar-refractivity contribution >= 4 is 11.9 Å². The van der Waals surface area contributed by atoms with Crippen LogP contribution in [0.25, 0.3) is 16.9 Å². The molecule has 1 heterocycles. The summed E-state index contributed by atoms with van der Waals surface area (Å²) >= 11 is 0. The van der Waals surface area contributed by atoms with Crippen LogP contribution in [-0.4, -0.2) is 41.0 Å². The highest BCUT2D eigenvalue weighted by molar-refractivity contribution is 5.88.